The number of amides is 1. The van der Waals surface area contributed by atoms with Crippen molar-refractivity contribution in [1.82, 2.24) is 24.6 Å². The molecule has 8 heteroatoms. The monoisotopic (exact) mass is 328 g/mol. The lowest BCUT2D eigenvalue weighted by Crippen LogP contribution is -2.29. The Labute approximate surface area is 136 Å². The van der Waals surface area contributed by atoms with Gasteiger partial charge < -0.3 is 10.6 Å². The predicted molar refractivity (Wildman–Crippen MR) is 88.3 cm³/mol. The number of nitrogens with zero attached hydrogens (tertiary/aromatic N) is 5. The van der Waals surface area contributed by atoms with Crippen LogP contribution in [-0.4, -0.2) is 43.6 Å². The summed E-state index contributed by atoms with van der Waals surface area (Å²) in [5.41, 5.74) is 7.88. The highest BCUT2D eigenvalue weighted by Crippen LogP contribution is 2.29. The van der Waals surface area contributed by atoms with Crippen molar-refractivity contribution in [3.63, 3.8) is 0 Å². The molecule has 1 aliphatic rings. The summed E-state index contributed by atoms with van der Waals surface area (Å²) >= 11 is 1.44. The predicted octanol–water partition coefficient (Wildman–Crippen LogP) is 1.64. The van der Waals surface area contributed by atoms with Crippen LogP contribution >= 0.6 is 11.3 Å². The van der Waals surface area contributed by atoms with E-state index < -0.39 is 0 Å². The van der Waals surface area contributed by atoms with Gasteiger partial charge in [0.1, 0.15) is 5.69 Å². The number of carbonyl (C=O) groups is 1. The molecular weight excluding hydrogens is 312 g/mol. The Hall–Kier alpha value is -2.48. The van der Waals surface area contributed by atoms with Gasteiger partial charge in [-0.05, 0) is 24.6 Å². The van der Waals surface area contributed by atoms with Gasteiger partial charge in [-0.1, -0.05) is 11.3 Å². The standard InChI is InChI=1S/C15H16N6OS/c1-20-6-5-11(19-20)14(22)21-7-4-9(8-21)10-2-3-12-13(17-10)18-15(16)23-12/h2-3,5-6,9H,4,7-8H2,1H3,(H2,16,17,18). The second kappa shape index (κ2) is 5.31. The van der Waals surface area contributed by atoms with Crippen molar-refractivity contribution in [3.8, 4) is 0 Å². The van der Waals surface area contributed by atoms with E-state index in [0.29, 0.717) is 23.0 Å². The zero-order chi connectivity index (χ0) is 16.0. The summed E-state index contributed by atoms with van der Waals surface area (Å²) in [5.74, 6) is 0.210. The van der Waals surface area contributed by atoms with Crippen molar-refractivity contribution < 1.29 is 4.79 Å². The van der Waals surface area contributed by atoms with Crippen LogP contribution in [0.25, 0.3) is 10.3 Å². The maximum atomic E-state index is 12.5. The number of anilines is 1. The van der Waals surface area contributed by atoms with Gasteiger partial charge in [0.15, 0.2) is 10.8 Å². The molecule has 1 unspecified atom stereocenters. The van der Waals surface area contributed by atoms with Crippen LogP contribution < -0.4 is 5.73 Å². The molecule has 0 bridgehead atoms. The maximum absolute atomic E-state index is 12.5. The highest BCUT2D eigenvalue weighted by atomic mass is 32.1. The Kier molecular flexibility index (Phi) is 3.26. The molecule has 1 saturated heterocycles. The molecule has 0 aliphatic carbocycles. The second-order valence-electron chi connectivity index (χ2n) is 5.72. The summed E-state index contributed by atoms with van der Waals surface area (Å²) in [7, 11) is 1.81. The minimum atomic E-state index is -0.0212. The molecule has 7 nitrogen and oxygen atoms in total. The third kappa shape index (κ3) is 2.55. The summed E-state index contributed by atoms with van der Waals surface area (Å²) in [4.78, 5) is 23.1. The molecule has 0 spiro atoms. The minimum absolute atomic E-state index is 0.0212. The molecule has 118 valence electrons. The van der Waals surface area contributed by atoms with Gasteiger partial charge in [-0.15, -0.1) is 0 Å². The molecule has 3 aromatic rings. The first-order valence-corrected chi connectivity index (χ1v) is 8.23. The van der Waals surface area contributed by atoms with Crippen LogP contribution in [0.2, 0.25) is 0 Å². The molecule has 0 radical (unpaired) electrons. The molecule has 3 aromatic heterocycles. The SMILES string of the molecule is Cn1ccc(C(=O)N2CCC(c3ccc4sc(N)nc4n3)C2)n1. The lowest BCUT2D eigenvalue weighted by Gasteiger charge is -2.15. The zero-order valence-corrected chi connectivity index (χ0v) is 13.5. The van der Waals surface area contributed by atoms with Gasteiger partial charge >= 0.3 is 0 Å². The first-order chi connectivity index (χ1) is 11.1. The smallest absolute Gasteiger partial charge is 0.274 e. The molecule has 0 saturated carbocycles. The van der Waals surface area contributed by atoms with Crippen LogP contribution in [0.15, 0.2) is 24.4 Å². The Balaban J connectivity index is 1.53. The van der Waals surface area contributed by atoms with Crippen LogP contribution in [0.1, 0.15) is 28.5 Å². The van der Waals surface area contributed by atoms with Gasteiger partial charge in [-0.2, -0.15) is 5.10 Å². The number of rotatable bonds is 2. The quantitative estimate of drug-likeness (QED) is 0.772. The van der Waals surface area contributed by atoms with E-state index in [1.54, 1.807) is 16.9 Å². The topological polar surface area (TPSA) is 89.9 Å². The van der Waals surface area contributed by atoms with Crippen molar-refractivity contribution in [2.24, 2.45) is 7.05 Å². The second-order valence-corrected chi connectivity index (χ2v) is 6.78. The van der Waals surface area contributed by atoms with Crippen LogP contribution in [0.3, 0.4) is 0 Å². The third-order valence-corrected chi connectivity index (χ3v) is 4.96. The Morgan fingerprint density at radius 2 is 2.22 bits per heavy atom. The molecule has 0 aromatic carbocycles. The number of nitrogens with two attached hydrogens (primary N) is 1. The first kappa shape index (κ1) is 14.1. The van der Waals surface area contributed by atoms with E-state index in [1.165, 1.54) is 11.3 Å². The van der Waals surface area contributed by atoms with E-state index >= 15 is 0 Å². The summed E-state index contributed by atoms with van der Waals surface area (Å²) in [6, 6.07) is 5.77. The Morgan fingerprint density at radius 3 is 3.00 bits per heavy atom. The molecule has 1 aliphatic heterocycles. The van der Waals surface area contributed by atoms with Gasteiger partial charge in [0.25, 0.3) is 5.91 Å². The van der Waals surface area contributed by atoms with E-state index in [9.17, 15) is 4.79 Å². The summed E-state index contributed by atoms with van der Waals surface area (Å²) in [5, 5.41) is 4.71. The largest absolute Gasteiger partial charge is 0.375 e. The Bertz CT molecular complexity index is 885. The van der Waals surface area contributed by atoms with Crippen LogP contribution in [-0.2, 0) is 7.05 Å². The number of pyridine rings is 1. The van der Waals surface area contributed by atoms with Gasteiger partial charge in [0.05, 0.1) is 4.70 Å². The number of hydrogen-bond donors (Lipinski definition) is 1. The number of likely N-dealkylation sites (tertiary alicyclic amines) is 1. The number of fused-ring (bicyclic) bond motifs is 1. The lowest BCUT2D eigenvalue weighted by molar-refractivity contribution is 0.0784. The third-order valence-electron chi connectivity index (χ3n) is 4.12. The number of aromatic nitrogens is 4. The number of hydrogen-bond acceptors (Lipinski definition) is 6. The normalized spacial score (nSPS) is 18.0. The fourth-order valence-electron chi connectivity index (χ4n) is 2.95. The van der Waals surface area contributed by atoms with Gasteiger partial charge in [0, 0.05) is 37.9 Å². The molecule has 2 N–H and O–H groups in total. The number of carbonyl (C=O) groups excluding carboxylic acids is 1. The van der Waals surface area contributed by atoms with Crippen molar-refractivity contribution in [1.29, 1.82) is 0 Å². The molecular formula is C15H16N6OS. The molecule has 23 heavy (non-hydrogen) atoms. The number of thiazole rings is 1. The number of aryl methyl sites for hydroxylation is 1. The molecule has 4 rings (SSSR count). The van der Waals surface area contributed by atoms with Crippen molar-refractivity contribution in [3.05, 3.63) is 35.8 Å². The first-order valence-electron chi connectivity index (χ1n) is 7.42. The average Bonchev–Trinajstić information content (AvgIpc) is 3.23. The van der Waals surface area contributed by atoms with E-state index in [1.807, 2.05) is 24.1 Å². The van der Waals surface area contributed by atoms with E-state index in [-0.39, 0.29) is 11.8 Å². The van der Waals surface area contributed by atoms with Crippen LogP contribution in [0.4, 0.5) is 5.13 Å². The molecule has 4 heterocycles. The maximum Gasteiger partial charge on any atom is 0.274 e. The summed E-state index contributed by atoms with van der Waals surface area (Å²) in [6.07, 6.45) is 2.68. The van der Waals surface area contributed by atoms with Gasteiger partial charge in [0.2, 0.25) is 0 Å². The summed E-state index contributed by atoms with van der Waals surface area (Å²) < 4.78 is 2.63. The Morgan fingerprint density at radius 1 is 1.35 bits per heavy atom. The van der Waals surface area contributed by atoms with Crippen LogP contribution in [0, 0.1) is 0 Å². The highest BCUT2D eigenvalue weighted by molar-refractivity contribution is 7.21. The lowest BCUT2D eigenvalue weighted by atomic mass is 10.0. The molecule has 1 amide bonds. The minimum Gasteiger partial charge on any atom is -0.375 e. The van der Waals surface area contributed by atoms with Crippen molar-refractivity contribution in [2.45, 2.75) is 12.3 Å². The van der Waals surface area contributed by atoms with Crippen molar-refractivity contribution in [2.75, 3.05) is 18.8 Å². The van der Waals surface area contributed by atoms with E-state index in [4.69, 9.17) is 5.73 Å². The zero-order valence-electron chi connectivity index (χ0n) is 12.6. The molecule has 1 atom stereocenters. The molecule has 1 fully saturated rings. The van der Waals surface area contributed by atoms with E-state index in [0.717, 1.165) is 23.4 Å². The average molecular weight is 328 g/mol. The van der Waals surface area contributed by atoms with Crippen molar-refractivity contribution >= 4 is 32.7 Å². The number of nitrogen functional groups attached to an aromatic ring is 1. The highest BCUT2D eigenvalue weighted by Gasteiger charge is 2.30. The fraction of sp³-hybridized carbons (Fsp3) is 0.333. The summed E-state index contributed by atoms with van der Waals surface area (Å²) in [6.45, 7) is 1.38. The van der Waals surface area contributed by atoms with Gasteiger partial charge in [-0.3, -0.25) is 9.48 Å². The van der Waals surface area contributed by atoms with Crippen LogP contribution in [0.5, 0.6) is 0 Å². The van der Waals surface area contributed by atoms with E-state index in [2.05, 4.69) is 15.1 Å². The van der Waals surface area contributed by atoms with Gasteiger partial charge in [-0.25, -0.2) is 9.97 Å². The fourth-order valence-corrected chi connectivity index (χ4v) is 3.63.